The third-order valence-electron chi connectivity index (χ3n) is 8.58. The molecular weight excluding hydrogens is 496 g/mol. The smallest absolute Gasteiger partial charge is 0.0647 e. The zero-order chi connectivity index (χ0) is 30.5. The van der Waals surface area contributed by atoms with Crippen LogP contribution in [0.3, 0.4) is 0 Å². The van der Waals surface area contributed by atoms with Crippen LogP contribution < -0.4 is 0 Å². The minimum atomic E-state index is 0.148. The van der Waals surface area contributed by atoms with Crippen molar-refractivity contribution in [1.82, 2.24) is 0 Å². The molecule has 0 saturated carbocycles. The summed E-state index contributed by atoms with van der Waals surface area (Å²) in [6.07, 6.45) is 39.7. The lowest BCUT2D eigenvalue weighted by atomic mass is 9.68. The number of rotatable bonds is 11. The lowest BCUT2D eigenvalue weighted by molar-refractivity contribution is 0.223. The standard InChI is InChI=1S/C40H56O/c1-31(18-12-20-33(3)24-26-37-35(5)22-14-28-39(37,6)7)16-10-11-17-32(2)19-13-21-34(4)25-27-38-36(30-41)23-15-29-40(38,8)9/h10-13,16-27,37-38,41H,14-15,28-30H2,1-9H3/b11-10+,18-12+,19-13+,26-24+,27-25+,31-16+,32-17+,33-20+,34-21+. The van der Waals surface area contributed by atoms with Gasteiger partial charge in [-0.2, -0.15) is 0 Å². The van der Waals surface area contributed by atoms with Gasteiger partial charge >= 0.3 is 0 Å². The van der Waals surface area contributed by atoms with Crippen LogP contribution in [0.25, 0.3) is 0 Å². The Hall–Kier alpha value is -2.90. The van der Waals surface area contributed by atoms with E-state index >= 15 is 0 Å². The van der Waals surface area contributed by atoms with Crippen molar-refractivity contribution in [1.29, 1.82) is 0 Å². The van der Waals surface area contributed by atoms with Crippen molar-refractivity contribution in [3.05, 3.63) is 131 Å². The predicted octanol–water partition coefficient (Wildman–Crippen LogP) is 11.3. The van der Waals surface area contributed by atoms with Crippen molar-refractivity contribution < 1.29 is 5.11 Å². The van der Waals surface area contributed by atoms with Crippen molar-refractivity contribution in [3.63, 3.8) is 0 Å². The Morgan fingerprint density at radius 1 is 0.659 bits per heavy atom. The van der Waals surface area contributed by atoms with Gasteiger partial charge in [-0.3, -0.25) is 0 Å². The maximum atomic E-state index is 9.76. The molecule has 1 N–H and O–H groups in total. The van der Waals surface area contributed by atoms with E-state index in [1.54, 1.807) is 0 Å². The first-order chi connectivity index (χ1) is 19.4. The largest absolute Gasteiger partial charge is 0.392 e. The van der Waals surface area contributed by atoms with Crippen LogP contribution in [0.1, 0.15) is 88.0 Å². The molecule has 2 atom stereocenters. The Bertz CT molecular complexity index is 1210. The molecule has 0 aliphatic heterocycles. The summed E-state index contributed by atoms with van der Waals surface area (Å²) in [6.45, 7) is 20.3. The lowest BCUT2D eigenvalue weighted by Gasteiger charge is -2.37. The molecular formula is C40H56O. The van der Waals surface area contributed by atoms with Gasteiger partial charge in [-0.05, 0) is 76.7 Å². The summed E-state index contributed by atoms with van der Waals surface area (Å²) in [4.78, 5) is 0. The van der Waals surface area contributed by atoms with Crippen molar-refractivity contribution >= 4 is 0 Å². The molecule has 0 aromatic heterocycles. The molecule has 41 heavy (non-hydrogen) atoms. The molecule has 0 fully saturated rings. The van der Waals surface area contributed by atoms with E-state index in [0.717, 1.165) is 18.4 Å². The summed E-state index contributed by atoms with van der Waals surface area (Å²) in [5, 5.41) is 9.76. The van der Waals surface area contributed by atoms with Crippen molar-refractivity contribution in [2.24, 2.45) is 22.7 Å². The first-order valence-corrected chi connectivity index (χ1v) is 15.4. The Morgan fingerprint density at radius 3 is 1.56 bits per heavy atom. The molecule has 2 unspecified atom stereocenters. The summed E-state index contributed by atoms with van der Waals surface area (Å²) >= 11 is 0. The maximum Gasteiger partial charge on any atom is 0.0647 e. The second-order valence-electron chi connectivity index (χ2n) is 13.4. The monoisotopic (exact) mass is 552 g/mol. The third-order valence-corrected chi connectivity index (χ3v) is 8.58. The SMILES string of the molecule is CC1=CCCC(C)(C)C1/C=C/C(C)=C/C=C/C(C)=C/C=C/C=C(C)/C=C/C=C(C)/C=C/C1C(CO)=CCCC1(C)C. The van der Waals surface area contributed by atoms with Crippen LogP contribution >= 0.6 is 0 Å². The molecule has 0 radical (unpaired) electrons. The summed E-state index contributed by atoms with van der Waals surface area (Å²) in [6, 6.07) is 0. The Labute approximate surface area is 252 Å². The molecule has 2 aliphatic carbocycles. The second kappa shape index (κ2) is 16.5. The summed E-state index contributed by atoms with van der Waals surface area (Å²) in [5.41, 5.74) is 8.06. The molecule has 0 saturated heterocycles. The van der Waals surface area contributed by atoms with Crippen LogP contribution in [0.4, 0.5) is 0 Å². The molecule has 222 valence electrons. The first kappa shape index (κ1) is 34.3. The van der Waals surface area contributed by atoms with Gasteiger partial charge in [-0.15, -0.1) is 0 Å². The highest BCUT2D eigenvalue weighted by Crippen LogP contribution is 2.42. The highest BCUT2D eigenvalue weighted by Gasteiger charge is 2.32. The van der Waals surface area contributed by atoms with E-state index < -0.39 is 0 Å². The molecule has 0 aromatic carbocycles. The van der Waals surface area contributed by atoms with Crippen LogP contribution in [-0.2, 0) is 0 Å². The quantitative estimate of drug-likeness (QED) is 0.200. The van der Waals surface area contributed by atoms with Crippen LogP contribution in [0.5, 0.6) is 0 Å². The fourth-order valence-electron chi connectivity index (χ4n) is 5.78. The maximum absolute atomic E-state index is 9.76. The number of allylic oxidation sites excluding steroid dienone is 21. The van der Waals surface area contributed by atoms with Crippen LogP contribution in [0, 0.1) is 22.7 Å². The van der Waals surface area contributed by atoms with E-state index in [-0.39, 0.29) is 12.0 Å². The molecule has 0 heterocycles. The zero-order valence-corrected chi connectivity index (χ0v) is 27.4. The van der Waals surface area contributed by atoms with Gasteiger partial charge in [0.25, 0.3) is 0 Å². The zero-order valence-electron chi connectivity index (χ0n) is 27.4. The number of hydrogen-bond acceptors (Lipinski definition) is 1. The van der Waals surface area contributed by atoms with Gasteiger partial charge in [-0.1, -0.05) is 153 Å². The molecule has 0 bridgehead atoms. The van der Waals surface area contributed by atoms with Gasteiger partial charge in [-0.25, -0.2) is 0 Å². The molecule has 0 spiro atoms. The Kier molecular flexibility index (Phi) is 13.8. The van der Waals surface area contributed by atoms with Crippen LogP contribution in [0.15, 0.2) is 131 Å². The first-order valence-electron chi connectivity index (χ1n) is 15.4. The van der Waals surface area contributed by atoms with E-state index in [1.165, 1.54) is 40.7 Å². The fourth-order valence-corrected chi connectivity index (χ4v) is 5.78. The van der Waals surface area contributed by atoms with Gasteiger partial charge in [0.05, 0.1) is 6.61 Å². The molecule has 2 rings (SSSR count). The number of aliphatic hydroxyl groups is 1. The highest BCUT2D eigenvalue weighted by atomic mass is 16.3. The van der Waals surface area contributed by atoms with Crippen molar-refractivity contribution in [3.8, 4) is 0 Å². The van der Waals surface area contributed by atoms with Gasteiger partial charge in [0, 0.05) is 11.8 Å². The van der Waals surface area contributed by atoms with E-state index in [9.17, 15) is 5.11 Å². The lowest BCUT2D eigenvalue weighted by Crippen LogP contribution is -2.28. The molecule has 1 heteroatoms. The summed E-state index contributed by atoms with van der Waals surface area (Å²) in [5.74, 6) is 0.820. The summed E-state index contributed by atoms with van der Waals surface area (Å²) < 4.78 is 0. The van der Waals surface area contributed by atoms with E-state index in [4.69, 9.17) is 0 Å². The Balaban J connectivity index is 1.88. The second-order valence-corrected chi connectivity index (χ2v) is 13.4. The Morgan fingerprint density at radius 2 is 1.07 bits per heavy atom. The number of aliphatic hydroxyl groups excluding tert-OH is 1. The van der Waals surface area contributed by atoms with Crippen LogP contribution in [0.2, 0.25) is 0 Å². The van der Waals surface area contributed by atoms with Gasteiger partial charge < -0.3 is 5.11 Å². The van der Waals surface area contributed by atoms with Crippen molar-refractivity contribution in [2.45, 2.75) is 88.0 Å². The topological polar surface area (TPSA) is 20.2 Å². The molecule has 0 aromatic rings. The van der Waals surface area contributed by atoms with Gasteiger partial charge in [0.15, 0.2) is 0 Å². The van der Waals surface area contributed by atoms with Gasteiger partial charge in [0.1, 0.15) is 0 Å². The molecule has 1 nitrogen and oxygen atoms in total. The van der Waals surface area contributed by atoms with Crippen molar-refractivity contribution in [2.75, 3.05) is 6.61 Å². The highest BCUT2D eigenvalue weighted by molar-refractivity contribution is 5.33. The predicted molar refractivity (Wildman–Crippen MR) is 183 cm³/mol. The minimum Gasteiger partial charge on any atom is -0.392 e. The summed E-state index contributed by atoms with van der Waals surface area (Å²) in [7, 11) is 0. The van der Waals surface area contributed by atoms with E-state index in [0.29, 0.717) is 17.3 Å². The molecule has 0 amide bonds. The average Bonchev–Trinajstić information content (AvgIpc) is 2.89. The number of hydrogen-bond donors (Lipinski definition) is 1. The van der Waals surface area contributed by atoms with Gasteiger partial charge in [0.2, 0.25) is 0 Å². The minimum absolute atomic E-state index is 0.148. The van der Waals surface area contributed by atoms with E-state index in [2.05, 4.69) is 160 Å². The fraction of sp³-hybridized carbons (Fsp3) is 0.450. The molecule has 2 aliphatic rings. The van der Waals surface area contributed by atoms with E-state index in [1.807, 2.05) is 0 Å². The average molecular weight is 553 g/mol. The third kappa shape index (κ3) is 11.9. The van der Waals surface area contributed by atoms with Crippen LogP contribution in [-0.4, -0.2) is 11.7 Å². The normalized spacial score (nSPS) is 24.8.